The van der Waals surface area contributed by atoms with E-state index in [-0.39, 0.29) is 11.9 Å². The van der Waals surface area contributed by atoms with Crippen LogP contribution < -0.4 is 15.8 Å². The second kappa shape index (κ2) is 7.02. The van der Waals surface area contributed by atoms with Gasteiger partial charge in [0.25, 0.3) is 0 Å². The van der Waals surface area contributed by atoms with Crippen molar-refractivity contribution >= 4 is 16.9 Å². The summed E-state index contributed by atoms with van der Waals surface area (Å²) in [5.41, 5.74) is 8.67. The average molecular weight is 416 g/mol. The highest BCUT2D eigenvalue weighted by Crippen LogP contribution is 2.42. The SMILES string of the molecule is Nc1ncnc2c1c(-c1ccc(Oc3cccc(F)c3)cc1)nn2C1CC2CNC1C2. The Hall–Kier alpha value is -3.52. The number of halogens is 1. The van der Waals surface area contributed by atoms with Crippen LogP contribution in [0.2, 0.25) is 0 Å². The van der Waals surface area contributed by atoms with Gasteiger partial charge in [0.15, 0.2) is 5.65 Å². The van der Waals surface area contributed by atoms with Crippen LogP contribution in [0.5, 0.6) is 11.5 Å². The molecule has 4 aromatic rings. The van der Waals surface area contributed by atoms with Crippen molar-refractivity contribution in [3.05, 3.63) is 60.7 Å². The molecule has 156 valence electrons. The fourth-order valence-corrected chi connectivity index (χ4v) is 4.87. The van der Waals surface area contributed by atoms with Crippen LogP contribution in [0.15, 0.2) is 54.9 Å². The highest BCUT2D eigenvalue weighted by Gasteiger charge is 2.42. The molecule has 8 heteroatoms. The molecule has 2 fully saturated rings. The monoisotopic (exact) mass is 416 g/mol. The van der Waals surface area contributed by atoms with Gasteiger partial charge in [-0.3, -0.25) is 0 Å². The summed E-state index contributed by atoms with van der Waals surface area (Å²) in [6.45, 7) is 1.08. The number of nitrogen functional groups attached to an aromatic ring is 1. The van der Waals surface area contributed by atoms with Crippen molar-refractivity contribution in [2.24, 2.45) is 5.92 Å². The zero-order chi connectivity index (χ0) is 20.9. The Morgan fingerprint density at radius 2 is 1.94 bits per heavy atom. The molecule has 6 rings (SSSR count). The number of ether oxygens (including phenoxy) is 1. The Bertz CT molecular complexity index is 1270. The van der Waals surface area contributed by atoms with Crippen LogP contribution in [0.3, 0.4) is 0 Å². The third-order valence-electron chi connectivity index (χ3n) is 6.29. The maximum atomic E-state index is 13.4. The summed E-state index contributed by atoms with van der Waals surface area (Å²) in [6, 6.07) is 14.3. The first-order chi connectivity index (χ1) is 15.2. The van der Waals surface area contributed by atoms with Gasteiger partial charge in [-0.05, 0) is 61.7 Å². The Labute approximate surface area is 178 Å². The molecular formula is C23H21FN6O. The van der Waals surface area contributed by atoms with E-state index in [4.69, 9.17) is 15.6 Å². The predicted molar refractivity (Wildman–Crippen MR) is 115 cm³/mol. The number of benzene rings is 2. The maximum Gasteiger partial charge on any atom is 0.164 e. The number of nitrogens with two attached hydrogens (primary N) is 1. The molecule has 2 aliphatic rings. The predicted octanol–water partition coefficient (Wildman–Crippen LogP) is 3.93. The van der Waals surface area contributed by atoms with Crippen molar-refractivity contribution in [1.29, 1.82) is 0 Å². The zero-order valence-corrected chi connectivity index (χ0v) is 16.7. The number of fused-ring (bicyclic) bond motifs is 3. The van der Waals surface area contributed by atoms with Gasteiger partial charge < -0.3 is 15.8 Å². The van der Waals surface area contributed by atoms with E-state index < -0.39 is 0 Å². The molecule has 1 aliphatic heterocycles. The third-order valence-corrected chi connectivity index (χ3v) is 6.29. The van der Waals surface area contributed by atoms with E-state index in [2.05, 4.69) is 15.3 Å². The minimum Gasteiger partial charge on any atom is -0.457 e. The van der Waals surface area contributed by atoms with Gasteiger partial charge in [0.1, 0.15) is 35.2 Å². The lowest BCUT2D eigenvalue weighted by Gasteiger charge is -2.23. The molecular weight excluding hydrogens is 395 g/mol. The third kappa shape index (κ3) is 3.11. The van der Waals surface area contributed by atoms with Gasteiger partial charge in [0.2, 0.25) is 0 Å². The number of anilines is 1. The number of aromatic nitrogens is 4. The molecule has 31 heavy (non-hydrogen) atoms. The van der Waals surface area contributed by atoms with Crippen LogP contribution in [0, 0.1) is 11.7 Å². The van der Waals surface area contributed by atoms with E-state index >= 15 is 0 Å². The van der Waals surface area contributed by atoms with Crippen LogP contribution in [0.25, 0.3) is 22.3 Å². The lowest BCUT2D eigenvalue weighted by atomic mass is 10.1. The van der Waals surface area contributed by atoms with E-state index in [0.29, 0.717) is 29.3 Å². The maximum absolute atomic E-state index is 13.4. The fraction of sp³-hybridized carbons (Fsp3) is 0.261. The summed E-state index contributed by atoms with van der Waals surface area (Å²) < 4.78 is 21.2. The molecule has 2 aromatic heterocycles. The fourth-order valence-electron chi connectivity index (χ4n) is 4.87. The Morgan fingerprint density at radius 1 is 1.06 bits per heavy atom. The number of nitrogens with zero attached hydrogens (tertiary/aromatic N) is 4. The van der Waals surface area contributed by atoms with E-state index in [0.717, 1.165) is 35.3 Å². The molecule has 0 spiro atoms. The first-order valence-electron chi connectivity index (χ1n) is 10.4. The minimum atomic E-state index is -0.336. The summed E-state index contributed by atoms with van der Waals surface area (Å²) in [4.78, 5) is 8.72. The molecule has 1 aliphatic carbocycles. The first kappa shape index (κ1) is 18.3. The Balaban J connectivity index is 1.37. The summed E-state index contributed by atoms with van der Waals surface area (Å²) in [5.74, 6) is 1.83. The first-order valence-corrected chi connectivity index (χ1v) is 10.4. The van der Waals surface area contributed by atoms with Crippen LogP contribution in [-0.4, -0.2) is 32.3 Å². The zero-order valence-electron chi connectivity index (χ0n) is 16.7. The van der Waals surface area contributed by atoms with Crippen LogP contribution in [-0.2, 0) is 0 Å². The minimum absolute atomic E-state index is 0.264. The second-order valence-corrected chi connectivity index (χ2v) is 8.25. The van der Waals surface area contributed by atoms with E-state index in [1.165, 1.54) is 24.9 Å². The van der Waals surface area contributed by atoms with Gasteiger partial charge >= 0.3 is 0 Å². The van der Waals surface area contributed by atoms with Crippen molar-refractivity contribution in [2.75, 3.05) is 12.3 Å². The van der Waals surface area contributed by atoms with Gasteiger partial charge in [0.05, 0.1) is 11.4 Å². The van der Waals surface area contributed by atoms with Gasteiger partial charge in [-0.25, -0.2) is 19.0 Å². The van der Waals surface area contributed by atoms with Gasteiger partial charge in [0, 0.05) is 17.7 Å². The molecule has 7 nitrogen and oxygen atoms in total. The van der Waals surface area contributed by atoms with E-state index in [1.54, 1.807) is 12.1 Å². The molecule has 3 N–H and O–H groups in total. The Kier molecular flexibility index (Phi) is 4.14. The van der Waals surface area contributed by atoms with E-state index in [9.17, 15) is 4.39 Å². The summed E-state index contributed by atoms with van der Waals surface area (Å²) >= 11 is 0. The lowest BCUT2D eigenvalue weighted by Crippen LogP contribution is -2.35. The number of nitrogens with one attached hydrogen (secondary N) is 1. The van der Waals surface area contributed by atoms with Crippen molar-refractivity contribution in [3.63, 3.8) is 0 Å². The summed E-state index contributed by atoms with van der Waals surface area (Å²) in [5, 5.41) is 9.31. The average Bonchev–Trinajstić information content (AvgIpc) is 3.49. The smallest absolute Gasteiger partial charge is 0.164 e. The van der Waals surface area contributed by atoms with Crippen molar-refractivity contribution in [2.45, 2.75) is 24.9 Å². The Morgan fingerprint density at radius 3 is 2.68 bits per heavy atom. The van der Waals surface area contributed by atoms with Gasteiger partial charge in [-0.2, -0.15) is 5.10 Å². The number of hydrogen-bond acceptors (Lipinski definition) is 6. The molecule has 3 unspecified atom stereocenters. The molecule has 2 bridgehead atoms. The molecule has 3 atom stereocenters. The van der Waals surface area contributed by atoms with Crippen LogP contribution in [0.1, 0.15) is 18.9 Å². The molecule has 0 amide bonds. The quantitative estimate of drug-likeness (QED) is 0.524. The summed E-state index contributed by atoms with van der Waals surface area (Å²) in [6.07, 6.45) is 3.77. The highest BCUT2D eigenvalue weighted by molar-refractivity contribution is 5.98. The lowest BCUT2D eigenvalue weighted by molar-refractivity contribution is 0.342. The summed E-state index contributed by atoms with van der Waals surface area (Å²) in [7, 11) is 0. The molecule has 2 aromatic carbocycles. The highest BCUT2D eigenvalue weighted by atomic mass is 19.1. The van der Waals surface area contributed by atoms with Crippen molar-refractivity contribution in [1.82, 2.24) is 25.1 Å². The molecule has 0 radical (unpaired) electrons. The molecule has 3 heterocycles. The largest absolute Gasteiger partial charge is 0.457 e. The number of piperidine rings is 1. The second-order valence-electron chi connectivity index (χ2n) is 8.25. The molecule has 1 saturated heterocycles. The van der Waals surface area contributed by atoms with Crippen molar-refractivity contribution < 1.29 is 9.13 Å². The topological polar surface area (TPSA) is 90.9 Å². The van der Waals surface area contributed by atoms with Gasteiger partial charge in [-0.15, -0.1) is 0 Å². The molecule has 1 saturated carbocycles. The van der Waals surface area contributed by atoms with Gasteiger partial charge in [-0.1, -0.05) is 6.07 Å². The number of hydrogen-bond donors (Lipinski definition) is 2. The number of rotatable bonds is 4. The van der Waals surface area contributed by atoms with E-state index in [1.807, 2.05) is 28.9 Å². The normalized spacial score (nSPS) is 22.3. The van der Waals surface area contributed by atoms with Crippen LogP contribution >= 0.6 is 0 Å². The van der Waals surface area contributed by atoms with Crippen molar-refractivity contribution in [3.8, 4) is 22.8 Å². The van der Waals surface area contributed by atoms with Crippen LogP contribution in [0.4, 0.5) is 10.2 Å². The standard InChI is InChI=1S/C23H21FN6O/c24-15-2-1-3-17(10-15)31-16-6-4-14(5-7-16)21-20-22(25)27-12-28-23(20)30(29-21)19-9-13-8-18(19)26-11-13/h1-7,10,12-13,18-19,26H,8-9,11H2,(H2,25,27,28).